The van der Waals surface area contributed by atoms with E-state index in [1.807, 2.05) is 6.92 Å². The number of nitrogens with two attached hydrogens (primary N) is 1. The summed E-state index contributed by atoms with van der Waals surface area (Å²) < 4.78 is 7.45. The van der Waals surface area contributed by atoms with Gasteiger partial charge in [-0.05, 0) is 35.0 Å². The Morgan fingerprint density at radius 1 is 1.55 bits per heavy atom. The molecule has 0 aliphatic carbocycles. The molecule has 0 spiro atoms. The molecule has 106 valence electrons. The Morgan fingerprint density at radius 3 is 2.95 bits per heavy atom. The summed E-state index contributed by atoms with van der Waals surface area (Å²) in [6.07, 6.45) is 1.47. The summed E-state index contributed by atoms with van der Waals surface area (Å²) in [7, 11) is 1.57. The lowest BCUT2D eigenvalue weighted by Crippen LogP contribution is -2.19. The smallest absolute Gasteiger partial charge is 0.276 e. The number of carbonyl (C=O) groups excluding carboxylic acids is 1. The minimum absolute atomic E-state index is 0.309. The quantitative estimate of drug-likeness (QED) is 0.897. The molecule has 0 saturated heterocycles. The van der Waals surface area contributed by atoms with E-state index in [4.69, 9.17) is 10.5 Å². The molecule has 0 fully saturated rings. The van der Waals surface area contributed by atoms with Crippen LogP contribution in [0.25, 0.3) is 0 Å². The van der Waals surface area contributed by atoms with Crippen LogP contribution in [0.1, 0.15) is 17.4 Å². The SMILES string of the molecule is CCn1ncc(N)c1C(=O)Nc1cc(OC)ccc1Br. The summed E-state index contributed by atoms with van der Waals surface area (Å²) in [5.74, 6) is 0.344. The van der Waals surface area contributed by atoms with Crippen molar-refractivity contribution in [3.63, 3.8) is 0 Å². The maximum Gasteiger partial charge on any atom is 0.276 e. The highest BCUT2D eigenvalue weighted by atomic mass is 79.9. The molecule has 1 heterocycles. The molecule has 1 aromatic carbocycles. The zero-order chi connectivity index (χ0) is 14.7. The van der Waals surface area contributed by atoms with Crippen LogP contribution in [0.2, 0.25) is 0 Å². The maximum absolute atomic E-state index is 12.3. The van der Waals surface area contributed by atoms with Crippen LogP contribution in [-0.2, 0) is 6.54 Å². The Labute approximate surface area is 125 Å². The van der Waals surface area contributed by atoms with Gasteiger partial charge >= 0.3 is 0 Å². The number of amides is 1. The van der Waals surface area contributed by atoms with Crippen molar-refractivity contribution in [1.29, 1.82) is 0 Å². The Bertz CT molecular complexity index is 639. The van der Waals surface area contributed by atoms with Crippen molar-refractivity contribution in [2.75, 3.05) is 18.2 Å². The summed E-state index contributed by atoms with van der Waals surface area (Å²) in [6.45, 7) is 2.46. The Morgan fingerprint density at radius 2 is 2.30 bits per heavy atom. The number of aromatic nitrogens is 2. The molecule has 20 heavy (non-hydrogen) atoms. The van der Waals surface area contributed by atoms with Gasteiger partial charge in [-0.3, -0.25) is 9.48 Å². The van der Waals surface area contributed by atoms with Crippen LogP contribution in [0.15, 0.2) is 28.9 Å². The predicted octanol–water partition coefficient (Wildman–Crippen LogP) is 2.51. The van der Waals surface area contributed by atoms with Crippen LogP contribution in [0.5, 0.6) is 5.75 Å². The van der Waals surface area contributed by atoms with Gasteiger partial charge in [0.1, 0.15) is 11.4 Å². The van der Waals surface area contributed by atoms with Gasteiger partial charge in [-0.15, -0.1) is 0 Å². The lowest BCUT2D eigenvalue weighted by atomic mass is 10.2. The summed E-state index contributed by atoms with van der Waals surface area (Å²) >= 11 is 3.38. The number of benzene rings is 1. The third kappa shape index (κ3) is 2.77. The number of anilines is 2. The lowest BCUT2D eigenvalue weighted by Gasteiger charge is -2.10. The van der Waals surface area contributed by atoms with E-state index in [1.54, 1.807) is 30.0 Å². The van der Waals surface area contributed by atoms with Gasteiger partial charge in [-0.25, -0.2) is 0 Å². The van der Waals surface area contributed by atoms with Gasteiger partial charge in [0.2, 0.25) is 0 Å². The highest BCUT2D eigenvalue weighted by molar-refractivity contribution is 9.10. The number of methoxy groups -OCH3 is 1. The molecule has 0 aliphatic rings. The molecule has 6 nitrogen and oxygen atoms in total. The molecule has 0 atom stereocenters. The number of nitrogen functional groups attached to an aromatic ring is 1. The minimum atomic E-state index is -0.309. The fraction of sp³-hybridized carbons (Fsp3) is 0.231. The van der Waals surface area contributed by atoms with Gasteiger partial charge in [0.15, 0.2) is 0 Å². The number of halogens is 1. The Kier molecular flexibility index (Phi) is 4.29. The minimum Gasteiger partial charge on any atom is -0.497 e. The number of nitrogens with zero attached hydrogens (tertiary/aromatic N) is 2. The van der Waals surface area contributed by atoms with Crippen molar-refractivity contribution in [3.8, 4) is 5.75 Å². The van der Waals surface area contributed by atoms with E-state index in [0.717, 1.165) is 4.47 Å². The lowest BCUT2D eigenvalue weighted by molar-refractivity contribution is 0.101. The first-order valence-corrected chi connectivity index (χ1v) is 6.82. The average molecular weight is 339 g/mol. The van der Waals surface area contributed by atoms with Gasteiger partial charge < -0.3 is 15.8 Å². The third-order valence-electron chi connectivity index (χ3n) is 2.80. The highest BCUT2D eigenvalue weighted by Crippen LogP contribution is 2.28. The summed E-state index contributed by atoms with van der Waals surface area (Å²) in [5, 5.41) is 6.84. The molecule has 7 heteroatoms. The summed E-state index contributed by atoms with van der Waals surface area (Å²) in [4.78, 5) is 12.3. The standard InChI is InChI=1S/C13H15BrN4O2/c1-3-18-12(10(15)7-16-18)13(19)17-11-6-8(20-2)4-5-9(11)14/h4-7H,3,15H2,1-2H3,(H,17,19). The molecule has 2 aromatic rings. The zero-order valence-electron chi connectivity index (χ0n) is 11.2. The second-order valence-electron chi connectivity index (χ2n) is 4.06. The molecule has 2 rings (SSSR count). The maximum atomic E-state index is 12.3. The molecule has 1 amide bonds. The number of hydrogen-bond acceptors (Lipinski definition) is 4. The van der Waals surface area contributed by atoms with Gasteiger partial charge in [0, 0.05) is 17.1 Å². The van der Waals surface area contributed by atoms with Crippen molar-refractivity contribution in [3.05, 3.63) is 34.6 Å². The van der Waals surface area contributed by atoms with Crippen molar-refractivity contribution >= 4 is 33.2 Å². The molecular formula is C13H15BrN4O2. The number of hydrogen-bond donors (Lipinski definition) is 2. The molecule has 0 bridgehead atoms. The second-order valence-corrected chi connectivity index (χ2v) is 4.92. The van der Waals surface area contributed by atoms with Gasteiger partial charge in [0.25, 0.3) is 5.91 Å². The zero-order valence-corrected chi connectivity index (χ0v) is 12.8. The van der Waals surface area contributed by atoms with Crippen molar-refractivity contribution in [1.82, 2.24) is 9.78 Å². The molecule has 0 radical (unpaired) electrons. The fourth-order valence-corrected chi connectivity index (χ4v) is 2.14. The van der Waals surface area contributed by atoms with Crippen LogP contribution in [0.4, 0.5) is 11.4 Å². The van der Waals surface area contributed by atoms with E-state index in [1.165, 1.54) is 6.20 Å². The van der Waals surface area contributed by atoms with Gasteiger partial charge in [-0.1, -0.05) is 0 Å². The molecule has 0 aliphatic heterocycles. The van der Waals surface area contributed by atoms with Crippen molar-refractivity contribution < 1.29 is 9.53 Å². The van der Waals surface area contributed by atoms with Crippen LogP contribution >= 0.6 is 15.9 Å². The van der Waals surface area contributed by atoms with Crippen LogP contribution in [0, 0.1) is 0 Å². The van der Waals surface area contributed by atoms with E-state index in [-0.39, 0.29) is 5.91 Å². The predicted molar refractivity (Wildman–Crippen MR) is 81.0 cm³/mol. The van der Waals surface area contributed by atoms with E-state index in [2.05, 4.69) is 26.3 Å². The first-order chi connectivity index (χ1) is 9.56. The first-order valence-electron chi connectivity index (χ1n) is 6.03. The highest BCUT2D eigenvalue weighted by Gasteiger charge is 2.17. The average Bonchev–Trinajstić information content (AvgIpc) is 2.82. The number of rotatable bonds is 4. The van der Waals surface area contributed by atoms with Crippen molar-refractivity contribution in [2.45, 2.75) is 13.5 Å². The molecule has 1 aromatic heterocycles. The van der Waals surface area contributed by atoms with Gasteiger partial charge in [-0.2, -0.15) is 5.10 Å². The molecule has 0 saturated carbocycles. The van der Waals surface area contributed by atoms with E-state index in [9.17, 15) is 4.79 Å². The third-order valence-corrected chi connectivity index (χ3v) is 3.50. The van der Waals surface area contributed by atoms with Crippen LogP contribution in [0.3, 0.4) is 0 Å². The van der Waals surface area contributed by atoms with E-state index < -0.39 is 0 Å². The number of ether oxygens (including phenoxy) is 1. The van der Waals surface area contributed by atoms with Crippen LogP contribution < -0.4 is 15.8 Å². The number of nitrogens with one attached hydrogen (secondary N) is 1. The first kappa shape index (κ1) is 14.4. The fourth-order valence-electron chi connectivity index (χ4n) is 1.80. The second kappa shape index (κ2) is 5.96. The monoisotopic (exact) mass is 338 g/mol. The summed E-state index contributed by atoms with van der Waals surface area (Å²) in [6, 6.07) is 5.32. The van der Waals surface area contributed by atoms with E-state index in [0.29, 0.717) is 29.4 Å². The van der Waals surface area contributed by atoms with Crippen LogP contribution in [-0.4, -0.2) is 22.8 Å². The molecular weight excluding hydrogens is 324 g/mol. The Balaban J connectivity index is 2.30. The van der Waals surface area contributed by atoms with E-state index >= 15 is 0 Å². The summed E-state index contributed by atoms with van der Waals surface area (Å²) in [5.41, 5.74) is 7.09. The van der Waals surface area contributed by atoms with Gasteiger partial charge in [0.05, 0.1) is 24.7 Å². The Hall–Kier alpha value is -2.02. The normalized spacial score (nSPS) is 10.3. The number of aryl methyl sites for hydroxylation is 1. The topological polar surface area (TPSA) is 82.2 Å². The van der Waals surface area contributed by atoms with Crippen molar-refractivity contribution in [2.24, 2.45) is 0 Å². The molecule has 0 unspecified atom stereocenters. The largest absolute Gasteiger partial charge is 0.497 e. The number of carbonyl (C=O) groups is 1. The molecule has 3 N–H and O–H groups in total.